The SMILES string of the molecule is COC(=O)c1ccc(NC(=O)c2ccccc2)c(C)c1. The Morgan fingerprint density at radius 2 is 1.70 bits per heavy atom. The number of rotatable bonds is 3. The molecule has 0 unspecified atom stereocenters. The lowest BCUT2D eigenvalue weighted by Gasteiger charge is -2.09. The Morgan fingerprint density at radius 3 is 2.30 bits per heavy atom. The Hall–Kier alpha value is -2.62. The fourth-order valence-corrected chi connectivity index (χ4v) is 1.83. The number of carbonyl (C=O) groups is 2. The molecule has 0 aromatic heterocycles. The maximum Gasteiger partial charge on any atom is 0.337 e. The molecule has 0 heterocycles. The van der Waals surface area contributed by atoms with E-state index < -0.39 is 5.97 Å². The summed E-state index contributed by atoms with van der Waals surface area (Å²) in [4.78, 5) is 23.4. The van der Waals surface area contributed by atoms with Gasteiger partial charge in [0.25, 0.3) is 5.91 Å². The number of ether oxygens (including phenoxy) is 1. The summed E-state index contributed by atoms with van der Waals surface area (Å²) in [6.45, 7) is 1.83. The van der Waals surface area contributed by atoms with Crippen molar-refractivity contribution in [2.24, 2.45) is 0 Å². The van der Waals surface area contributed by atoms with E-state index in [2.05, 4.69) is 10.1 Å². The number of anilines is 1. The van der Waals surface area contributed by atoms with Gasteiger partial charge in [-0.2, -0.15) is 0 Å². The molecule has 2 rings (SSSR count). The Labute approximate surface area is 117 Å². The maximum atomic E-state index is 12.0. The van der Waals surface area contributed by atoms with Crippen molar-refractivity contribution in [2.45, 2.75) is 6.92 Å². The molecule has 0 radical (unpaired) electrons. The average Bonchev–Trinajstić information content (AvgIpc) is 2.49. The van der Waals surface area contributed by atoms with E-state index in [-0.39, 0.29) is 5.91 Å². The molecule has 0 aliphatic rings. The van der Waals surface area contributed by atoms with Crippen LogP contribution < -0.4 is 5.32 Å². The van der Waals surface area contributed by atoms with Gasteiger partial charge in [-0.1, -0.05) is 18.2 Å². The molecule has 0 saturated carbocycles. The molecule has 1 N–H and O–H groups in total. The Morgan fingerprint density at radius 1 is 1.00 bits per heavy atom. The summed E-state index contributed by atoms with van der Waals surface area (Å²) >= 11 is 0. The highest BCUT2D eigenvalue weighted by atomic mass is 16.5. The van der Waals surface area contributed by atoms with Gasteiger partial charge in [-0.25, -0.2) is 4.79 Å². The van der Waals surface area contributed by atoms with Crippen LogP contribution in [0.5, 0.6) is 0 Å². The molecular weight excluding hydrogens is 254 g/mol. The fourth-order valence-electron chi connectivity index (χ4n) is 1.83. The molecule has 0 aliphatic heterocycles. The zero-order valence-electron chi connectivity index (χ0n) is 11.3. The Balaban J connectivity index is 2.18. The molecule has 0 bridgehead atoms. The highest BCUT2D eigenvalue weighted by Gasteiger charge is 2.10. The number of carbonyl (C=O) groups excluding carboxylic acids is 2. The van der Waals surface area contributed by atoms with Crippen LogP contribution in [0.3, 0.4) is 0 Å². The molecule has 20 heavy (non-hydrogen) atoms. The van der Waals surface area contributed by atoms with Crippen molar-refractivity contribution in [1.29, 1.82) is 0 Å². The third-order valence-electron chi connectivity index (χ3n) is 2.93. The summed E-state index contributed by atoms with van der Waals surface area (Å²) in [5.41, 5.74) is 2.52. The van der Waals surface area contributed by atoms with Gasteiger partial charge in [0.2, 0.25) is 0 Å². The first kappa shape index (κ1) is 13.8. The summed E-state index contributed by atoms with van der Waals surface area (Å²) in [6.07, 6.45) is 0. The van der Waals surface area contributed by atoms with Gasteiger partial charge in [0.05, 0.1) is 12.7 Å². The van der Waals surface area contributed by atoms with Crippen LogP contribution >= 0.6 is 0 Å². The van der Waals surface area contributed by atoms with Gasteiger partial charge < -0.3 is 10.1 Å². The zero-order chi connectivity index (χ0) is 14.5. The van der Waals surface area contributed by atoms with Crippen LogP contribution in [0.1, 0.15) is 26.3 Å². The smallest absolute Gasteiger partial charge is 0.337 e. The van der Waals surface area contributed by atoms with Gasteiger partial charge in [-0.15, -0.1) is 0 Å². The first-order chi connectivity index (χ1) is 9.61. The normalized spacial score (nSPS) is 9.90. The first-order valence-corrected chi connectivity index (χ1v) is 6.17. The predicted molar refractivity (Wildman–Crippen MR) is 76.9 cm³/mol. The lowest BCUT2D eigenvalue weighted by molar-refractivity contribution is 0.0600. The topological polar surface area (TPSA) is 55.4 Å². The average molecular weight is 269 g/mol. The van der Waals surface area contributed by atoms with Crippen LogP contribution in [0.4, 0.5) is 5.69 Å². The molecule has 2 aromatic carbocycles. The van der Waals surface area contributed by atoms with E-state index in [9.17, 15) is 9.59 Å². The second kappa shape index (κ2) is 6.02. The highest BCUT2D eigenvalue weighted by molar-refractivity contribution is 6.04. The first-order valence-electron chi connectivity index (χ1n) is 6.17. The largest absolute Gasteiger partial charge is 0.465 e. The second-order valence-corrected chi connectivity index (χ2v) is 4.34. The van der Waals surface area contributed by atoms with Crippen molar-refractivity contribution in [3.63, 3.8) is 0 Å². The number of benzene rings is 2. The minimum absolute atomic E-state index is 0.181. The third kappa shape index (κ3) is 3.03. The number of esters is 1. The fraction of sp³-hybridized carbons (Fsp3) is 0.125. The van der Waals surface area contributed by atoms with E-state index >= 15 is 0 Å². The van der Waals surface area contributed by atoms with Gasteiger partial charge in [-0.05, 0) is 42.8 Å². The van der Waals surface area contributed by atoms with Gasteiger partial charge >= 0.3 is 5.97 Å². The van der Waals surface area contributed by atoms with Crippen molar-refractivity contribution in [1.82, 2.24) is 0 Å². The van der Waals surface area contributed by atoms with Gasteiger partial charge in [0.15, 0.2) is 0 Å². The molecule has 102 valence electrons. The van der Waals surface area contributed by atoms with Crippen LogP contribution in [-0.2, 0) is 4.74 Å². The molecule has 4 heteroatoms. The minimum atomic E-state index is -0.394. The molecule has 0 atom stereocenters. The molecule has 0 spiro atoms. The van der Waals surface area contributed by atoms with E-state index in [1.165, 1.54) is 7.11 Å². The number of hydrogen-bond donors (Lipinski definition) is 1. The molecule has 0 fully saturated rings. The lowest BCUT2D eigenvalue weighted by Crippen LogP contribution is -2.13. The summed E-state index contributed by atoms with van der Waals surface area (Å²) < 4.78 is 4.66. The Kier molecular flexibility index (Phi) is 4.15. The van der Waals surface area contributed by atoms with Crippen LogP contribution in [0.15, 0.2) is 48.5 Å². The van der Waals surface area contributed by atoms with Crippen molar-refractivity contribution >= 4 is 17.6 Å². The quantitative estimate of drug-likeness (QED) is 0.871. The summed E-state index contributed by atoms with van der Waals surface area (Å²) in [6, 6.07) is 14.0. The number of nitrogens with one attached hydrogen (secondary N) is 1. The van der Waals surface area contributed by atoms with Crippen molar-refractivity contribution in [3.8, 4) is 0 Å². The molecular formula is C16H15NO3. The highest BCUT2D eigenvalue weighted by Crippen LogP contribution is 2.18. The van der Waals surface area contributed by atoms with E-state index in [1.54, 1.807) is 30.3 Å². The standard InChI is InChI=1S/C16H15NO3/c1-11-10-13(16(19)20-2)8-9-14(11)17-15(18)12-6-4-3-5-7-12/h3-10H,1-2H3,(H,17,18). The van der Waals surface area contributed by atoms with E-state index in [0.29, 0.717) is 16.8 Å². The molecule has 2 aromatic rings. The van der Waals surface area contributed by atoms with E-state index in [0.717, 1.165) is 5.56 Å². The monoisotopic (exact) mass is 269 g/mol. The zero-order valence-corrected chi connectivity index (χ0v) is 11.3. The van der Waals surface area contributed by atoms with Crippen LogP contribution in [-0.4, -0.2) is 19.0 Å². The second-order valence-electron chi connectivity index (χ2n) is 4.34. The van der Waals surface area contributed by atoms with Crippen LogP contribution in [0.25, 0.3) is 0 Å². The third-order valence-corrected chi connectivity index (χ3v) is 2.93. The van der Waals surface area contributed by atoms with Gasteiger partial charge in [-0.3, -0.25) is 4.79 Å². The molecule has 1 amide bonds. The number of methoxy groups -OCH3 is 1. The summed E-state index contributed by atoms with van der Waals surface area (Å²) in [5.74, 6) is -0.575. The summed E-state index contributed by atoms with van der Waals surface area (Å²) in [7, 11) is 1.34. The minimum Gasteiger partial charge on any atom is -0.465 e. The number of aryl methyl sites for hydroxylation is 1. The van der Waals surface area contributed by atoms with Gasteiger partial charge in [0, 0.05) is 11.3 Å². The van der Waals surface area contributed by atoms with E-state index in [1.807, 2.05) is 25.1 Å². The maximum absolute atomic E-state index is 12.0. The van der Waals surface area contributed by atoms with Gasteiger partial charge in [0.1, 0.15) is 0 Å². The predicted octanol–water partition coefficient (Wildman–Crippen LogP) is 3.03. The lowest BCUT2D eigenvalue weighted by atomic mass is 10.1. The van der Waals surface area contributed by atoms with Crippen molar-refractivity contribution in [3.05, 3.63) is 65.2 Å². The summed E-state index contributed by atoms with van der Waals surface area (Å²) in [5, 5.41) is 2.82. The molecule has 4 nitrogen and oxygen atoms in total. The van der Waals surface area contributed by atoms with Crippen molar-refractivity contribution < 1.29 is 14.3 Å². The van der Waals surface area contributed by atoms with Crippen molar-refractivity contribution in [2.75, 3.05) is 12.4 Å². The van der Waals surface area contributed by atoms with E-state index in [4.69, 9.17) is 0 Å². The molecule has 0 aliphatic carbocycles. The Bertz CT molecular complexity index is 635. The molecule has 0 saturated heterocycles. The van der Waals surface area contributed by atoms with Crippen LogP contribution in [0.2, 0.25) is 0 Å². The number of amides is 1. The number of hydrogen-bond acceptors (Lipinski definition) is 3. The van der Waals surface area contributed by atoms with Crippen LogP contribution in [0, 0.1) is 6.92 Å².